The lowest BCUT2D eigenvalue weighted by Gasteiger charge is -2.16. The van der Waals surface area contributed by atoms with E-state index in [0.29, 0.717) is 5.92 Å². The molecule has 4 heteroatoms. The molecule has 0 bridgehead atoms. The molecule has 1 aliphatic carbocycles. The van der Waals surface area contributed by atoms with E-state index in [9.17, 15) is 4.79 Å². The van der Waals surface area contributed by atoms with Crippen LogP contribution in [0.3, 0.4) is 0 Å². The highest BCUT2D eigenvalue weighted by atomic mass is 16.5. The molecule has 108 valence electrons. The van der Waals surface area contributed by atoms with Crippen LogP contribution in [0.1, 0.15) is 24.3 Å². The molecule has 1 amide bonds. The Bertz CT molecular complexity index is 502. The van der Waals surface area contributed by atoms with Gasteiger partial charge < -0.3 is 14.7 Å². The predicted molar refractivity (Wildman–Crippen MR) is 75.6 cm³/mol. The third-order valence-electron chi connectivity index (χ3n) is 4.49. The van der Waals surface area contributed by atoms with E-state index < -0.39 is 0 Å². The highest BCUT2D eigenvalue weighted by Crippen LogP contribution is 2.49. The van der Waals surface area contributed by atoms with Crippen LogP contribution in [0.4, 0.5) is 0 Å². The molecule has 1 N–H and O–H groups in total. The number of hydrogen-bond acceptors (Lipinski definition) is 3. The van der Waals surface area contributed by atoms with E-state index in [-0.39, 0.29) is 24.3 Å². The third kappa shape index (κ3) is 2.52. The maximum absolute atomic E-state index is 12.4. The van der Waals surface area contributed by atoms with Crippen molar-refractivity contribution in [3.63, 3.8) is 0 Å². The Balaban J connectivity index is 1.62. The molecule has 1 aliphatic heterocycles. The van der Waals surface area contributed by atoms with Crippen molar-refractivity contribution in [2.75, 3.05) is 26.8 Å². The molecule has 1 aromatic carbocycles. The maximum atomic E-state index is 12.4. The van der Waals surface area contributed by atoms with Crippen molar-refractivity contribution >= 4 is 5.91 Å². The Kier molecular flexibility index (Phi) is 3.66. The van der Waals surface area contributed by atoms with Gasteiger partial charge in [-0.05, 0) is 36.5 Å². The number of carbonyl (C=O) groups is 1. The average Bonchev–Trinajstić information content (AvgIpc) is 3.15. The van der Waals surface area contributed by atoms with Crippen molar-refractivity contribution in [3.8, 4) is 5.75 Å². The van der Waals surface area contributed by atoms with Crippen LogP contribution in [0.2, 0.25) is 0 Å². The molecule has 3 atom stereocenters. The van der Waals surface area contributed by atoms with Crippen LogP contribution in [-0.2, 0) is 4.79 Å². The molecule has 2 fully saturated rings. The van der Waals surface area contributed by atoms with Gasteiger partial charge in [-0.1, -0.05) is 12.1 Å². The van der Waals surface area contributed by atoms with E-state index in [1.165, 1.54) is 5.56 Å². The number of benzene rings is 1. The summed E-state index contributed by atoms with van der Waals surface area (Å²) in [7, 11) is 1.66. The summed E-state index contributed by atoms with van der Waals surface area (Å²) >= 11 is 0. The fourth-order valence-corrected chi connectivity index (χ4v) is 3.12. The van der Waals surface area contributed by atoms with Gasteiger partial charge in [0.15, 0.2) is 0 Å². The van der Waals surface area contributed by atoms with E-state index in [0.717, 1.165) is 31.7 Å². The average molecular weight is 275 g/mol. The van der Waals surface area contributed by atoms with E-state index in [2.05, 4.69) is 6.07 Å². The number of aliphatic hydroxyl groups excluding tert-OH is 1. The summed E-state index contributed by atoms with van der Waals surface area (Å²) in [4.78, 5) is 14.3. The van der Waals surface area contributed by atoms with Gasteiger partial charge >= 0.3 is 0 Å². The lowest BCUT2D eigenvalue weighted by atomic mass is 10.1. The summed E-state index contributed by atoms with van der Waals surface area (Å²) < 4.78 is 5.23. The first-order chi connectivity index (χ1) is 9.72. The Labute approximate surface area is 119 Å². The van der Waals surface area contributed by atoms with Crippen LogP contribution in [0.5, 0.6) is 5.75 Å². The zero-order valence-corrected chi connectivity index (χ0v) is 11.8. The molecule has 4 nitrogen and oxygen atoms in total. The fourth-order valence-electron chi connectivity index (χ4n) is 3.12. The Hall–Kier alpha value is -1.55. The summed E-state index contributed by atoms with van der Waals surface area (Å²) in [5, 5.41) is 9.16. The van der Waals surface area contributed by atoms with E-state index >= 15 is 0 Å². The van der Waals surface area contributed by atoms with Gasteiger partial charge in [0.05, 0.1) is 7.11 Å². The standard InChI is InChI=1S/C16H21NO3/c1-20-13-4-2-3-12(7-13)14-8-15(14)16(19)17-6-5-11(9-17)10-18/h2-4,7,11,14-15,18H,5-6,8-10H2,1H3. The first-order valence-corrected chi connectivity index (χ1v) is 7.26. The number of likely N-dealkylation sites (tertiary alicyclic amines) is 1. The molecule has 3 rings (SSSR count). The maximum Gasteiger partial charge on any atom is 0.226 e. The van der Waals surface area contributed by atoms with Gasteiger partial charge in [-0.25, -0.2) is 0 Å². The van der Waals surface area contributed by atoms with Gasteiger partial charge in [-0.3, -0.25) is 4.79 Å². The largest absolute Gasteiger partial charge is 0.497 e. The van der Waals surface area contributed by atoms with Crippen molar-refractivity contribution in [2.45, 2.75) is 18.8 Å². The number of amides is 1. The van der Waals surface area contributed by atoms with E-state index in [1.807, 2.05) is 23.1 Å². The van der Waals surface area contributed by atoms with E-state index in [1.54, 1.807) is 7.11 Å². The van der Waals surface area contributed by atoms with Crippen molar-refractivity contribution < 1.29 is 14.6 Å². The fraction of sp³-hybridized carbons (Fsp3) is 0.562. The zero-order valence-electron chi connectivity index (χ0n) is 11.8. The van der Waals surface area contributed by atoms with Crippen molar-refractivity contribution in [1.29, 1.82) is 0 Å². The highest BCUT2D eigenvalue weighted by molar-refractivity contribution is 5.83. The second kappa shape index (κ2) is 5.44. The molecule has 2 aliphatic rings. The number of carbonyl (C=O) groups excluding carboxylic acids is 1. The molecule has 0 spiro atoms. The summed E-state index contributed by atoms with van der Waals surface area (Å²) in [5.74, 6) is 1.84. The minimum absolute atomic E-state index is 0.125. The van der Waals surface area contributed by atoms with Crippen LogP contribution in [-0.4, -0.2) is 42.7 Å². The molecule has 20 heavy (non-hydrogen) atoms. The minimum atomic E-state index is 0.125. The summed E-state index contributed by atoms with van der Waals surface area (Å²) in [5.41, 5.74) is 1.20. The first kappa shape index (κ1) is 13.4. The number of nitrogens with zero attached hydrogens (tertiary/aromatic N) is 1. The molecule has 0 radical (unpaired) electrons. The SMILES string of the molecule is COc1cccc(C2CC2C(=O)N2CCC(CO)C2)c1. The second-order valence-electron chi connectivity index (χ2n) is 5.85. The normalized spacial score (nSPS) is 28.5. The first-order valence-electron chi connectivity index (χ1n) is 7.26. The smallest absolute Gasteiger partial charge is 0.226 e. The van der Waals surface area contributed by atoms with Crippen LogP contribution in [0.15, 0.2) is 24.3 Å². The Morgan fingerprint density at radius 2 is 2.35 bits per heavy atom. The molecule has 1 heterocycles. The number of rotatable bonds is 4. The Morgan fingerprint density at radius 3 is 3.05 bits per heavy atom. The molecular formula is C16H21NO3. The van der Waals surface area contributed by atoms with Gasteiger partial charge in [0.2, 0.25) is 5.91 Å². The van der Waals surface area contributed by atoms with Crippen LogP contribution >= 0.6 is 0 Å². The molecule has 3 unspecified atom stereocenters. The van der Waals surface area contributed by atoms with Gasteiger partial charge in [-0.15, -0.1) is 0 Å². The summed E-state index contributed by atoms with van der Waals surface area (Å²) in [6.45, 7) is 1.70. The van der Waals surface area contributed by atoms with Gasteiger partial charge in [0.25, 0.3) is 0 Å². The number of ether oxygens (including phenoxy) is 1. The zero-order chi connectivity index (χ0) is 14.1. The Morgan fingerprint density at radius 1 is 1.50 bits per heavy atom. The van der Waals surface area contributed by atoms with E-state index in [4.69, 9.17) is 9.84 Å². The van der Waals surface area contributed by atoms with Gasteiger partial charge in [0.1, 0.15) is 5.75 Å². The lowest BCUT2D eigenvalue weighted by Crippen LogP contribution is -2.30. The van der Waals surface area contributed by atoms with Crippen LogP contribution < -0.4 is 4.74 Å². The molecule has 1 saturated heterocycles. The summed E-state index contributed by atoms with van der Waals surface area (Å²) in [6.07, 6.45) is 1.87. The topological polar surface area (TPSA) is 49.8 Å². The van der Waals surface area contributed by atoms with Crippen molar-refractivity contribution in [2.24, 2.45) is 11.8 Å². The van der Waals surface area contributed by atoms with Gasteiger partial charge in [0, 0.05) is 31.5 Å². The minimum Gasteiger partial charge on any atom is -0.497 e. The highest BCUT2D eigenvalue weighted by Gasteiger charge is 2.46. The summed E-state index contributed by atoms with van der Waals surface area (Å²) in [6, 6.07) is 8.00. The predicted octanol–water partition coefficient (Wildman–Crippen LogP) is 1.64. The van der Waals surface area contributed by atoms with Crippen molar-refractivity contribution in [3.05, 3.63) is 29.8 Å². The molecular weight excluding hydrogens is 254 g/mol. The number of aliphatic hydroxyl groups is 1. The quantitative estimate of drug-likeness (QED) is 0.909. The van der Waals surface area contributed by atoms with Crippen LogP contribution in [0, 0.1) is 11.8 Å². The van der Waals surface area contributed by atoms with Crippen molar-refractivity contribution in [1.82, 2.24) is 4.90 Å². The number of methoxy groups -OCH3 is 1. The molecule has 1 aromatic rings. The molecule has 1 saturated carbocycles. The third-order valence-corrected chi connectivity index (χ3v) is 4.49. The number of hydrogen-bond donors (Lipinski definition) is 1. The second-order valence-corrected chi connectivity index (χ2v) is 5.85. The molecule has 0 aromatic heterocycles. The van der Waals surface area contributed by atoms with Crippen LogP contribution in [0.25, 0.3) is 0 Å². The monoisotopic (exact) mass is 275 g/mol. The van der Waals surface area contributed by atoms with Gasteiger partial charge in [-0.2, -0.15) is 0 Å². The lowest BCUT2D eigenvalue weighted by molar-refractivity contribution is -0.131.